The Hall–Kier alpha value is -1.21. The average Bonchev–Trinajstić information content (AvgIpc) is 2.56. The Morgan fingerprint density at radius 2 is 1.70 bits per heavy atom. The lowest BCUT2D eigenvalue weighted by Crippen LogP contribution is -2.16. The number of hydrogen-bond donors (Lipinski definition) is 0. The molecule has 0 nitrogen and oxygen atoms in total. The molecular formula is C22H34S. The monoisotopic (exact) mass is 330 g/mol. The minimum Gasteiger partial charge on any atom is -0.0987 e. The van der Waals surface area contributed by atoms with E-state index < -0.39 is 0 Å². The topological polar surface area (TPSA) is 0 Å². The van der Waals surface area contributed by atoms with E-state index in [1.165, 1.54) is 20.9 Å². The summed E-state index contributed by atoms with van der Waals surface area (Å²) >= 11 is 1.81. The van der Waals surface area contributed by atoms with Crippen molar-refractivity contribution in [3.05, 3.63) is 65.6 Å². The van der Waals surface area contributed by atoms with Gasteiger partial charge in [0, 0.05) is 9.80 Å². The zero-order valence-electron chi connectivity index (χ0n) is 16.1. The molecule has 0 radical (unpaired) electrons. The first-order valence-corrected chi connectivity index (χ1v) is 9.45. The summed E-state index contributed by atoms with van der Waals surface area (Å²) in [6, 6.07) is 8.70. The standard InChI is InChI=1S/C20H28S.C2H6/c1-8-16(15(4)5)18(9-2)21-19-14-12-11-13-17(19)20(6,7)10-3;1-2/h8-9,11-15H,1-2,10H2,3-7H3;1-2H3/b18-16-;. The Morgan fingerprint density at radius 1 is 1.13 bits per heavy atom. The van der Waals surface area contributed by atoms with Crippen LogP contribution in [0.4, 0.5) is 0 Å². The van der Waals surface area contributed by atoms with Gasteiger partial charge in [0.15, 0.2) is 0 Å². The van der Waals surface area contributed by atoms with Crippen LogP contribution in [0.1, 0.15) is 60.5 Å². The molecule has 0 aliphatic carbocycles. The predicted octanol–water partition coefficient (Wildman–Crippen LogP) is 7.77. The van der Waals surface area contributed by atoms with Crippen molar-refractivity contribution in [2.75, 3.05) is 0 Å². The lowest BCUT2D eigenvalue weighted by Gasteiger charge is -2.26. The van der Waals surface area contributed by atoms with Crippen LogP contribution in [0.2, 0.25) is 0 Å². The van der Waals surface area contributed by atoms with Gasteiger partial charge in [-0.1, -0.05) is 104 Å². The summed E-state index contributed by atoms with van der Waals surface area (Å²) in [5.41, 5.74) is 2.85. The maximum atomic E-state index is 3.99. The first-order valence-electron chi connectivity index (χ1n) is 8.63. The van der Waals surface area contributed by atoms with Crippen molar-refractivity contribution in [2.45, 2.75) is 65.2 Å². The largest absolute Gasteiger partial charge is 0.0987 e. The molecule has 0 aliphatic rings. The van der Waals surface area contributed by atoms with Gasteiger partial charge in [-0.15, -0.1) is 0 Å². The molecule has 0 heterocycles. The Morgan fingerprint density at radius 3 is 2.13 bits per heavy atom. The number of thioether (sulfide) groups is 1. The fourth-order valence-electron chi connectivity index (χ4n) is 2.26. The minimum atomic E-state index is 0.183. The molecule has 0 unspecified atom stereocenters. The van der Waals surface area contributed by atoms with E-state index in [4.69, 9.17) is 0 Å². The highest BCUT2D eigenvalue weighted by atomic mass is 32.2. The molecule has 0 atom stereocenters. The van der Waals surface area contributed by atoms with E-state index >= 15 is 0 Å². The van der Waals surface area contributed by atoms with Gasteiger partial charge in [0.25, 0.3) is 0 Å². The summed E-state index contributed by atoms with van der Waals surface area (Å²) in [5.74, 6) is 0.453. The molecule has 0 N–H and O–H groups in total. The van der Waals surface area contributed by atoms with Crippen molar-refractivity contribution in [2.24, 2.45) is 5.92 Å². The highest BCUT2D eigenvalue weighted by Crippen LogP contribution is 2.39. The molecular weight excluding hydrogens is 296 g/mol. The smallest absolute Gasteiger partial charge is 0.0159 e. The second-order valence-corrected chi connectivity index (χ2v) is 7.30. The zero-order chi connectivity index (χ0) is 18.0. The molecule has 128 valence electrons. The summed E-state index contributed by atoms with van der Waals surface area (Å²) in [6.07, 6.45) is 5.04. The second-order valence-electron chi connectivity index (χ2n) is 6.22. The Bertz CT molecular complexity index is 533. The maximum absolute atomic E-state index is 3.99. The predicted molar refractivity (Wildman–Crippen MR) is 109 cm³/mol. The molecule has 0 aromatic heterocycles. The van der Waals surface area contributed by atoms with Crippen LogP contribution in [0.3, 0.4) is 0 Å². The van der Waals surface area contributed by atoms with Gasteiger partial charge in [-0.2, -0.15) is 0 Å². The van der Waals surface area contributed by atoms with Gasteiger partial charge in [0.05, 0.1) is 0 Å². The third-order valence-electron chi connectivity index (χ3n) is 4.03. The van der Waals surface area contributed by atoms with Crippen LogP contribution in [0.25, 0.3) is 0 Å². The third-order valence-corrected chi connectivity index (χ3v) is 5.23. The highest BCUT2D eigenvalue weighted by Gasteiger charge is 2.22. The summed E-state index contributed by atoms with van der Waals surface area (Å²) < 4.78 is 0. The van der Waals surface area contributed by atoms with Gasteiger partial charge in [0.1, 0.15) is 0 Å². The molecule has 1 aromatic rings. The van der Waals surface area contributed by atoms with E-state index in [0.717, 1.165) is 6.42 Å². The summed E-state index contributed by atoms with van der Waals surface area (Å²) in [7, 11) is 0. The van der Waals surface area contributed by atoms with Crippen LogP contribution in [0.5, 0.6) is 0 Å². The van der Waals surface area contributed by atoms with Gasteiger partial charge >= 0.3 is 0 Å². The molecule has 1 aromatic carbocycles. The van der Waals surface area contributed by atoms with Gasteiger partial charge < -0.3 is 0 Å². The second kappa shape index (κ2) is 10.5. The number of rotatable bonds is 7. The van der Waals surface area contributed by atoms with Crippen molar-refractivity contribution in [1.82, 2.24) is 0 Å². The van der Waals surface area contributed by atoms with E-state index in [1.807, 2.05) is 37.8 Å². The van der Waals surface area contributed by atoms with Crippen molar-refractivity contribution in [1.29, 1.82) is 0 Å². The van der Waals surface area contributed by atoms with Gasteiger partial charge in [-0.3, -0.25) is 0 Å². The highest BCUT2D eigenvalue weighted by molar-refractivity contribution is 8.03. The minimum absolute atomic E-state index is 0.183. The van der Waals surface area contributed by atoms with Gasteiger partial charge in [-0.25, -0.2) is 0 Å². The number of hydrogen-bond acceptors (Lipinski definition) is 1. The van der Waals surface area contributed by atoms with Crippen LogP contribution in [0.15, 0.2) is 64.9 Å². The molecule has 1 heteroatoms. The van der Waals surface area contributed by atoms with Crippen molar-refractivity contribution in [3.63, 3.8) is 0 Å². The summed E-state index contributed by atoms with van der Waals surface area (Å²) in [4.78, 5) is 2.53. The van der Waals surface area contributed by atoms with E-state index in [-0.39, 0.29) is 5.41 Å². The number of benzene rings is 1. The average molecular weight is 331 g/mol. The molecule has 0 aliphatic heterocycles. The Labute approximate surface area is 148 Å². The Balaban J connectivity index is 0.00000232. The molecule has 0 fully saturated rings. The van der Waals surface area contributed by atoms with Gasteiger partial charge in [-0.05, 0) is 35.0 Å². The molecule has 23 heavy (non-hydrogen) atoms. The maximum Gasteiger partial charge on any atom is 0.0159 e. The third kappa shape index (κ3) is 6.06. The first-order chi connectivity index (χ1) is 10.9. The van der Waals surface area contributed by atoms with Crippen LogP contribution >= 0.6 is 11.8 Å². The fourth-order valence-corrected chi connectivity index (χ4v) is 3.62. The molecule has 1 rings (SSSR count). The van der Waals surface area contributed by atoms with Gasteiger partial charge in [0.2, 0.25) is 0 Å². The summed E-state index contributed by atoms with van der Waals surface area (Å²) in [6.45, 7) is 23.2. The van der Waals surface area contributed by atoms with E-state index in [9.17, 15) is 0 Å². The lowest BCUT2D eigenvalue weighted by atomic mass is 9.82. The Kier molecular flexibility index (Phi) is 9.99. The summed E-state index contributed by atoms with van der Waals surface area (Å²) in [5, 5.41) is 0. The van der Waals surface area contributed by atoms with Crippen molar-refractivity contribution >= 4 is 11.8 Å². The normalized spacial score (nSPS) is 12.2. The molecule has 0 bridgehead atoms. The SMILES string of the molecule is C=C/C(Sc1ccccc1C(C)(C)CC)=C(\C=C)C(C)C.CC. The van der Waals surface area contributed by atoms with E-state index in [0.29, 0.717) is 5.92 Å². The first kappa shape index (κ1) is 21.8. The molecule has 0 saturated heterocycles. The lowest BCUT2D eigenvalue weighted by molar-refractivity contribution is 0.497. The van der Waals surface area contributed by atoms with Crippen LogP contribution in [-0.2, 0) is 5.41 Å². The van der Waals surface area contributed by atoms with Crippen LogP contribution in [-0.4, -0.2) is 0 Å². The van der Waals surface area contributed by atoms with Crippen molar-refractivity contribution < 1.29 is 0 Å². The van der Waals surface area contributed by atoms with E-state index in [2.05, 4.69) is 72.0 Å². The van der Waals surface area contributed by atoms with Crippen LogP contribution in [0, 0.1) is 5.92 Å². The molecule has 0 saturated carbocycles. The molecule has 0 spiro atoms. The fraction of sp³-hybridized carbons (Fsp3) is 0.455. The van der Waals surface area contributed by atoms with Crippen molar-refractivity contribution in [3.8, 4) is 0 Å². The molecule has 0 amide bonds. The van der Waals surface area contributed by atoms with Crippen LogP contribution < -0.4 is 0 Å². The zero-order valence-corrected chi connectivity index (χ0v) is 16.9. The van der Waals surface area contributed by atoms with E-state index in [1.54, 1.807) is 0 Å². The quantitative estimate of drug-likeness (QED) is 0.363. The number of allylic oxidation sites excluding steroid dienone is 3.